The predicted octanol–water partition coefficient (Wildman–Crippen LogP) is 1.76. The zero-order valence-electron chi connectivity index (χ0n) is 15.5. The van der Waals surface area contributed by atoms with Crippen LogP contribution in [-0.4, -0.2) is 42.5 Å². The number of imide groups is 1. The first kappa shape index (κ1) is 19.6. The van der Waals surface area contributed by atoms with Gasteiger partial charge in [-0.3, -0.25) is 14.5 Å². The largest absolute Gasteiger partial charge is 0.464 e. The maximum Gasteiger partial charge on any atom is 0.326 e. The number of hydrogen-bond acceptors (Lipinski definition) is 5. The molecular formula is C21H23N3O4. The van der Waals surface area contributed by atoms with E-state index in [-0.39, 0.29) is 6.61 Å². The fraction of sp³-hybridized carbons (Fsp3) is 0.286. The van der Waals surface area contributed by atoms with E-state index in [1.807, 2.05) is 12.1 Å². The van der Waals surface area contributed by atoms with Gasteiger partial charge in [-0.15, -0.1) is 0 Å². The van der Waals surface area contributed by atoms with Crippen LogP contribution in [0.25, 0.3) is 0 Å². The van der Waals surface area contributed by atoms with E-state index in [9.17, 15) is 14.4 Å². The molecule has 0 spiro atoms. The number of urea groups is 1. The van der Waals surface area contributed by atoms with Crippen molar-refractivity contribution in [2.45, 2.75) is 18.4 Å². The van der Waals surface area contributed by atoms with E-state index in [1.165, 1.54) is 0 Å². The standard InChI is InChI=1S/C21H23N3O4/c22-13-7-8-14-28-18(25)15-24-19(26)21(23-20(24)27,16-9-3-1-4-10-16)17-11-5-2-6-12-17/h1-6,9-12H,7-8,13-15,22H2,(H,23,27). The first-order valence-corrected chi connectivity index (χ1v) is 9.20. The second-order valence-corrected chi connectivity index (χ2v) is 6.52. The smallest absolute Gasteiger partial charge is 0.326 e. The van der Waals surface area contributed by atoms with E-state index in [0.717, 1.165) is 11.3 Å². The van der Waals surface area contributed by atoms with Crippen LogP contribution >= 0.6 is 0 Å². The molecule has 3 amide bonds. The number of nitrogens with one attached hydrogen (secondary N) is 1. The monoisotopic (exact) mass is 381 g/mol. The average Bonchev–Trinajstić information content (AvgIpc) is 2.98. The van der Waals surface area contributed by atoms with E-state index in [4.69, 9.17) is 10.5 Å². The Morgan fingerprint density at radius 1 is 0.964 bits per heavy atom. The molecule has 0 unspecified atom stereocenters. The lowest BCUT2D eigenvalue weighted by atomic mass is 9.82. The minimum absolute atomic E-state index is 0.211. The van der Waals surface area contributed by atoms with Crippen molar-refractivity contribution in [1.82, 2.24) is 10.2 Å². The van der Waals surface area contributed by atoms with Crippen molar-refractivity contribution < 1.29 is 19.1 Å². The first-order chi connectivity index (χ1) is 13.6. The van der Waals surface area contributed by atoms with Gasteiger partial charge >= 0.3 is 12.0 Å². The van der Waals surface area contributed by atoms with Crippen LogP contribution in [0.1, 0.15) is 24.0 Å². The van der Waals surface area contributed by atoms with Crippen LogP contribution < -0.4 is 11.1 Å². The summed E-state index contributed by atoms with van der Waals surface area (Å²) in [5.74, 6) is -1.13. The molecule has 28 heavy (non-hydrogen) atoms. The Hall–Kier alpha value is -3.19. The van der Waals surface area contributed by atoms with E-state index in [2.05, 4.69) is 5.32 Å². The van der Waals surface area contributed by atoms with E-state index < -0.39 is 30.0 Å². The van der Waals surface area contributed by atoms with Crippen LogP contribution in [0, 0.1) is 0 Å². The lowest BCUT2D eigenvalue weighted by molar-refractivity contribution is -0.147. The van der Waals surface area contributed by atoms with Gasteiger partial charge in [0, 0.05) is 0 Å². The Kier molecular flexibility index (Phi) is 6.06. The number of carbonyl (C=O) groups excluding carboxylic acids is 3. The summed E-state index contributed by atoms with van der Waals surface area (Å²) in [4.78, 5) is 39.0. The molecule has 1 aliphatic rings. The minimum atomic E-state index is -1.38. The summed E-state index contributed by atoms with van der Waals surface area (Å²) in [7, 11) is 0. The van der Waals surface area contributed by atoms with Crippen LogP contribution in [0.5, 0.6) is 0 Å². The van der Waals surface area contributed by atoms with Gasteiger partial charge in [0.15, 0.2) is 5.54 Å². The second kappa shape index (κ2) is 8.67. The summed E-state index contributed by atoms with van der Waals surface area (Å²) in [6.07, 6.45) is 1.38. The molecule has 2 aromatic rings. The van der Waals surface area contributed by atoms with Gasteiger partial charge in [0.25, 0.3) is 5.91 Å². The van der Waals surface area contributed by atoms with Gasteiger partial charge in [-0.25, -0.2) is 4.79 Å². The third-order valence-electron chi connectivity index (χ3n) is 4.67. The number of benzene rings is 2. The number of ether oxygens (including phenoxy) is 1. The molecule has 7 heteroatoms. The molecule has 2 aromatic carbocycles. The first-order valence-electron chi connectivity index (χ1n) is 9.20. The molecule has 0 radical (unpaired) electrons. The highest BCUT2D eigenvalue weighted by molar-refractivity contribution is 6.11. The van der Waals surface area contributed by atoms with E-state index in [1.54, 1.807) is 48.5 Å². The van der Waals surface area contributed by atoms with Crippen LogP contribution in [0.4, 0.5) is 4.79 Å². The molecule has 1 saturated heterocycles. The maximum atomic E-state index is 13.4. The number of nitrogens with zero attached hydrogens (tertiary/aromatic N) is 1. The summed E-state index contributed by atoms with van der Waals surface area (Å²) in [5.41, 5.74) is 5.28. The SMILES string of the molecule is NCCCCOC(=O)CN1C(=O)NC(c2ccccc2)(c2ccccc2)C1=O. The highest BCUT2D eigenvalue weighted by atomic mass is 16.5. The van der Waals surface area contributed by atoms with Crippen molar-refractivity contribution >= 4 is 17.9 Å². The minimum Gasteiger partial charge on any atom is -0.464 e. The van der Waals surface area contributed by atoms with Crippen LogP contribution in [-0.2, 0) is 19.9 Å². The van der Waals surface area contributed by atoms with Crippen molar-refractivity contribution in [3.05, 3.63) is 71.8 Å². The summed E-state index contributed by atoms with van der Waals surface area (Å²) < 4.78 is 5.11. The molecule has 7 nitrogen and oxygen atoms in total. The van der Waals surface area contributed by atoms with Gasteiger partial charge in [0.2, 0.25) is 0 Å². The Morgan fingerprint density at radius 3 is 2.07 bits per heavy atom. The van der Waals surface area contributed by atoms with Gasteiger partial charge < -0.3 is 15.8 Å². The maximum absolute atomic E-state index is 13.4. The molecule has 1 heterocycles. The molecular weight excluding hydrogens is 358 g/mol. The van der Waals surface area contributed by atoms with Crippen LogP contribution in [0.2, 0.25) is 0 Å². The number of nitrogens with two attached hydrogens (primary N) is 1. The Labute approximate surface area is 163 Å². The van der Waals surface area contributed by atoms with Crippen molar-refractivity contribution in [2.75, 3.05) is 19.7 Å². The highest BCUT2D eigenvalue weighted by Gasteiger charge is 2.54. The third-order valence-corrected chi connectivity index (χ3v) is 4.67. The number of rotatable bonds is 8. The lowest BCUT2D eigenvalue weighted by Crippen LogP contribution is -2.45. The van der Waals surface area contributed by atoms with Gasteiger partial charge in [-0.2, -0.15) is 0 Å². The third kappa shape index (κ3) is 3.75. The van der Waals surface area contributed by atoms with Gasteiger partial charge in [-0.1, -0.05) is 60.7 Å². The molecule has 0 aromatic heterocycles. The highest BCUT2D eigenvalue weighted by Crippen LogP contribution is 2.35. The van der Waals surface area contributed by atoms with E-state index >= 15 is 0 Å². The molecule has 0 atom stereocenters. The Bertz CT molecular complexity index is 800. The predicted molar refractivity (Wildman–Crippen MR) is 103 cm³/mol. The molecule has 0 aliphatic carbocycles. The van der Waals surface area contributed by atoms with Crippen molar-refractivity contribution in [1.29, 1.82) is 0 Å². The quantitative estimate of drug-likeness (QED) is 0.412. The second-order valence-electron chi connectivity index (χ2n) is 6.52. The molecule has 1 fully saturated rings. The molecule has 1 aliphatic heterocycles. The van der Waals surface area contributed by atoms with Crippen molar-refractivity contribution in [3.8, 4) is 0 Å². The molecule has 3 N–H and O–H groups in total. The van der Waals surface area contributed by atoms with Gasteiger partial charge in [0.1, 0.15) is 6.54 Å². The summed E-state index contributed by atoms with van der Waals surface area (Å²) >= 11 is 0. The normalized spacial score (nSPS) is 15.4. The molecule has 0 bridgehead atoms. The van der Waals surface area contributed by atoms with Crippen molar-refractivity contribution in [2.24, 2.45) is 5.73 Å². The van der Waals surface area contributed by atoms with Crippen LogP contribution in [0.15, 0.2) is 60.7 Å². The summed E-state index contributed by atoms with van der Waals surface area (Å²) in [5, 5.41) is 2.79. The molecule has 3 rings (SSSR count). The number of hydrogen-bond donors (Lipinski definition) is 2. The Balaban J connectivity index is 1.86. The number of carbonyl (C=O) groups is 3. The fourth-order valence-corrected chi connectivity index (χ4v) is 3.26. The molecule has 146 valence electrons. The topological polar surface area (TPSA) is 102 Å². The number of amides is 3. The summed E-state index contributed by atoms with van der Waals surface area (Å²) in [6, 6.07) is 17.3. The fourth-order valence-electron chi connectivity index (χ4n) is 3.26. The van der Waals surface area contributed by atoms with Crippen molar-refractivity contribution in [3.63, 3.8) is 0 Å². The van der Waals surface area contributed by atoms with Gasteiger partial charge in [0.05, 0.1) is 6.61 Å². The lowest BCUT2D eigenvalue weighted by Gasteiger charge is -2.27. The van der Waals surface area contributed by atoms with Crippen LogP contribution in [0.3, 0.4) is 0 Å². The zero-order valence-corrected chi connectivity index (χ0v) is 15.5. The Morgan fingerprint density at radius 2 is 1.54 bits per heavy atom. The molecule has 0 saturated carbocycles. The average molecular weight is 381 g/mol. The number of esters is 1. The number of unbranched alkanes of at least 4 members (excludes halogenated alkanes) is 1. The van der Waals surface area contributed by atoms with Gasteiger partial charge in [-0.05, 0) is 30.5 Å². The summed E-state index contributed by atoms with van der Waals surface area (Å²) in [6.45, 7) is 0.290. The zero-order chi connectivity index (χ0) is 20.0. The van der Waals surface area contributed by atoms with E-state index in [0.29, 0.717) is 24.1 Å².